The van der Waals surface area contributed by atoms with Gasteiger partial charge >= 0.3 is 0 Å². The fourth-order valence-corrected chi connectivity index (χ4v) is 7.49. The lowest BCUT2D eigenvalue weighted by atomic mass is 9.91. The highest BCUT2D eigenvalue weighted by molar-refractivity contribution is 7.86. The van der Waals surface area contributed by atoms with Crippen molar-refractivity contribution in [2.45, 2.75) is 68.6 Å². The summed E-state index contributed by atoms with van der Waals surface area (Å²) in [7, 11) is -8.92. The van der Waals surface area contributed by atoms with Crippen LogP contribution in [0.15, 0.2) is 78.8 Å². The van der Waals surface area contributed by atoms with Gasteiger partial charge in [0.2, 0.25) is 0 Å². The monoisotopic (exact) mass is 826 g/mol. The zero-order chi connectivity index (χ0) is 40.1. The number of nitrogens with two attached hydrogens (primary N) is 2. The first kappa shape index (κ1) is 39.3. The van der Waals surface area contributed by atoms with Crippen LogP contribution in [0.25, 0.3) is 11.4 Å². The van der Waals surface area contributed by atoms with E-state index in [0.29, 0.717) is 32.8 Å². The van der Waals surface area contributed by atoms with Crippen molar-refractivity contribution in [3.63, 3.8) is 0 Å². The predicted molar refractivity (Wildman–Crippen MR) is 204 cm³/mol. The summed E-state index contributed by atoms with van der Waals surface area (Å²) >= 11 is 2.32. The van der Waals surface area contributed by atoms with Crippen molar-refractivity contribution in [3.8, 4) is 11.4 Å². The van der Waals surface area contributed by atoms with Crippen molar-refractivity contribution in [2.75, 3.05) is 11.5 Å². The van der Waals surface area contributed by atoms with Crippen molar-refractivity contribution in [1.82, 2.24) is 40.0 Å². The van der Waals surface area contributed by atoms with E-state index in [-0.39, 0.29) is 49.5 Å². The van der Waals surface area contributed by atoms with Crippen LogP contribution in [-0.2, 0) is 37.5 Å². The Morgan fingerprint density at radius 2 is 1.02 bits per heavy atom. The van der Waals surface area contributed by atoms with E-state index in [1.54, 1.807) is 12.1 Å². The van der Waals surface area contributed by atoms with Crippen molar-refractivity contribution in [1.29, 1.82) is 0 Å². The topological polar surface area (TPSA) is 297 Å². The van der Waals surface area contributed by atoms with Gasteiger partial charge in [0.05, 0.1) is 39.0 Å². The summed E-state index contributed by atoms with van der Waals surface area (Å²) in [5.74, 6) is 0.188. The van der Waals surface area contributed by atoms with Gasteiger partial charge in [0.15, 0.2) is 23.0 Å². The van der Waals surface area contributed by atoms with E-state index in [0.717, 1.165) is 22.7 Å². The lowest BCUT2D eigenvalue weighted by Gasteiger charge is -2.15. The smallest absolute Gasteiger partial charge is 0.294 e. The highest BCUT2D eigenvalue weighted by Gasteiger charge is 2.29. The minimum atomic E-state index is -4.46. The standard InChI is InChI=1S/C31H34N14O6S4/c1-30(2,3)24-22(26(32)44(42-24)16-9-7-11-18(13-16)54(46,47)48)36-40-28-38-34-20(52-28)15-21-35-39-29(53-21)41-37-23-25(31(4,5)6)43-45(27(23)33)17-10-8-12-19(14-17)55(49,50)51/h7-14H,15,32-33H2,1-6H3,(H,46,47,48)(H,49,50,51). The molecule has 55 heavy (non-hydrogen) atoms. The third kappa shape index (κ3) is 8.63. The largest absolute Gasteiger partial charge is 0.382 e. The number of anilines is 2. The molecule has 0 saturated heterocycles. The summed E-state index contributed by atoms with van der Waals surface area (Å²) in [5, 5.41) is 44.6. The number of nitrogens with zero attached hydrogens (tertiary/aromatic N) is 12. The molecule has 288 valence electrons. The van der Waals surface area contributed by atoms with Gasteiger partial charge in [-0.1, -0.05) is 76.3 Å². The molecule has 0 atom stereocenters. The van der Waals surface area contributed by atoms with Crippen LogP contribution in [0, 0.1) is 0 Å². The second kappa shape index (κ2) is 14.3. The summed E-state index contributed by atoms with van der Waals surface area (Å²) in [6.07, 6.45) is 0.259. The Bertz CT molecular complexity index is 2520. The van der Waals surface area contributed by atoms with Crippen LogP contribution in [0.4, 0.5) is 33.3 Å². The summed E-state index contributed by atoms with van der Waals surface area (Å²) in [4.78, 5) is -0.632. The average Bonchev–Trinajstić information content (AvgIpc) is 3.88. The van der Waals surface area contributed by atoms with Crippen LogP contribution in [0.3, 0.4) is 0 Å². The van der Waals surface area contributed by atoms with Gasteiger partial charge < -0.3 is 11.5 Å². The average molecular weight is 827 g/mol. The van der Waals surface area contributed by atoms with Gasteiger partial charge in [0, 0.05) is 10.8 Å². The summed E-state index contributed by atoms with van der Waals surface area (Å²) < 4.78 is 68.6. The Hall–Kier alpha value is -5.40. The molecular weight excluding hydrogens is 793 g/mol. The number of azo groups is 2. The molecule has 0 unspecified atom stereocenters. The Kier molecular flexibility index (Phi) is 10.3. The van der Waals surface area contributed by atoms with Gasteiger partial charge in [0.1, 0.15) is 10.0 Å². The van der Waals surface area contributed by atoms with Gasteiger partial charge in [-0.3, -0.25) is 9.11 Å². The van der Waals surface area contributed by atoms with Crippen LogP contribution in [-0.4, -0.2) is 65.9 Å². The van der Waals surface area contributed by atoms with E-state index in [1.807, 2.05) is 41.5 Å². The SMILES string of the molecule is CC(C)(C)c1nn(-c2cccc(S(=O)(=O)O)c2)c(N)c1N=Nc1nnc(Cc2nnc(N=Nc3c(C(C)(C)C)nn(-c4cccc(S(=O)(=O)O)c4)c3N)s2)s1. The van der Waals surface area contributed by atoms with E-state index >= 15 is 0 Å². The predicted octanol–water partition coefficient (Wildman–Crippen LogP) is 6.44. The van der Waals surface area contributed by atoms with Crippen molar-refractivity contribution >= 4 is 76.2 Å². The van der Waals surface area contributed by atoms with Gasteiger partial charge in [-0.2, -0.15) is 27.0 Å². The van der Waals surface area contributed by atoms with E-state index in [1.165, 1.54) is 45.8 Å². The molecule has 6 rings (SSSR count). The van der Waals surface area contributed by atoms with Crippen LogP contribution in [0.2, 0.25) is 0 Å². The number of nitrogen functional groups attached to an aromatic ring is 2. The van der Waals surface area contributed by atoms with Crippen LogP contribution in [0.1, 0.15) is 62.9 Å². The second-order valence-corrected chi connectivity index (χ2v) is 18.9. The van der Waals surface area contributed by atoms with Gasteiger partial charge in [-0.15, -0.1) is 40.9 Å². The molecule has 0 saturated carbocycles. The maximum atomic E-state index is 11.7. The zero-order valence-electron chi connectivity index (χ0n) is 30.0. The molecule has 0 amide bonds. The summed E-state index contributed by atoms with van der Waals surface area (Å²) in [5.41, 5.74) is 13.9. The molecule has 0 aliphatic heterocycles. The molecule has 0 fully saturated rings. The highest BCUT2D eigenvalue weighted by Crippen LogP contribution is 2.40. The molecule has 6 aromatic rings. The van der Waals surface area contributed by atoms with Crippen molar-refractivity contribution < 1.29 is 25.9 Å². The molecule has 20 nitrogen and oxygen atoms in total. The molecule has 4 aromatic heterocycles. The first-order valence-electron chi connectivity index (χ1n) is 16.0. The molecule has 0 radical (unpaired) electrons. The number of rotatable bonds is 10. The molecule has 0 aliphatic rings. The number of benzene rings is 2. The number of aromatic nitrogens is 8. The van der Waals surface area contributed by atoms with Gasteiger partial charge in [-0.25, -0.2) is 9.36 Å². The highest BCUT2D eigenvalue weighted by atomic mass is 32.2. The molecule has 0 spiro atoms. The van der Waals surface area contributed by atoms with Crippen LogP contribution < -0.4 is 11.5 Å². The lowest BCUT2D eigenvalue weighted by molar-refractivity contribution is 0.481. The maximum absolute atomic E-state index is 11.7. The fraction of sp³-hybridized carbons (Fsp3) is 0.290. The quantitative estimate of drug-likeness (QED) is 0.0854. The number of hydrogen-bond donors (Lipinski definition) is 4. The van der Waals surface area contributed by atoms with E-state index in [4.69, 9.17) is 11.5 Å². The summed E-state index contributed by atoms with van der Waals surface area (Å²) in [6.45, 7) is 11.5. The summed E-state index contributed by atoms with van der Waals surface area (Å²) in [6, 6.07) is 11.1. The minimum absolute atomic E-state index is 0.0940. The normalized spacial score (nSPS) is 13.1. The van der Waals surface area contributed by atoms with Crippen LogP contribution in [0.5, 0.6) is 0 Å². The second-order valence-electron chi connectivity index (χ2n) is 14.0. The van der Waals surface area contributed by atoms with Crippen molar-refractivity contribution in [3.05, 3.63) is 69.9 Å². The lowest BCUT2D eigenvalue weighted by Crippen LogP contribution is -2.13. The van der Waals surface area contributed by atoms with Crippen molar-refractivity contribution in [2.24, 2.45) is 20.5 Å². The number of hydrogen-bond acceptors (Lipinski definition) is 18. The van der Waals surface area contributed by atoms with Gasteiger partial charge in [-0.05, 0) is 36.4 Å². The molecular formula is C31H34N14O6S4. The Labute approximate surface area is 322 Å². The first-order chi connectivity index (χ1) is 25.6. The molecule has 24 heteroatoms. The third-order valence-electron chi connectivity index (χ3n) is 7.62. The van der Waals surface area contributed by atoms with E-state index in [9.17, 15) is 25.9 Å². The first-order valence-corrected chi connectivity index (χ1v) is 20.5. The molecule has 6 N–H and O–H groups in total. The van der Waals surface area contributed by atoms with E-state index in [2.05, 4.69) is 51.0 Å². The zero-order valence-corrected chi connectivity index (χ0v) is 33.3. The maximum Gasteiger partial charge on any atom is 0.294 e. The Balaban J connectivity index is 1.21. The molecule has 0 aliphatic carbocycles. The van der Waals surface area contributed by atoms with Crippen LogP contribution >= 0.6 is 22.7 Å². The molecule has 2 aromatic carbocycles. The molecule has 4 heterocycles. The van der Waals surface area contributed by atoms with Gasteiger partial charge in [0.25, 0.3) is 30.5 Å². The minimum Gasteiger partial charge on any atom is -0.382 e. The Morgan fingerprint density at radius 1 is 0.636 bits per heavy atom. The van der Waals surface area contributed by atoms with E-state index < -0.39 is 31.1 Å². The Morgan fingerprint density at radius 3 is 1.36 bits per heavy atom. The molecule has 0 bridgehead atoms. The fourth-order valence-electron chi connectivity index (χ4n) is 5.03. The third-order valence-corrected chi connectivity index (χ3v) is 10.9.